The van der Waals surface area contributed by atoms with Crippen LogP contribution < -0.4 is 0 Å². The van der Waals surface area contributed by atoms with Crippen molar-refractivity contribution in [3.8, 4) is 0 Å². The smallest absolute Gasteiger partial charge is 0.162 e. The molecule has 3 nitrogen and oxygen atoms in total. The molecule has 0 aliphatic heterocycles. The van der Waals surface area contributed by atoms with E-state index in [1.54, 1.807) is 12.1 Å². The van der Waals surface area contributed by atoms with E-state index in [1.807, 2.05) is 55.5 Å². The third kappa shape index (κ3) is 4.27. The van der Waals surface area contributed by atoms with Crippen LogP contribution in [0.3, 0.4) is 0 Å². The molecule has 0 amide bonds. The Labute approximate surface area is 169 Å². The summed E-state index contributed by atoms with van der Waals surface area (Å²) in [6.07, 6.45) is 1.63. The lowest BCUT2D eigenvalue weighted by atomic mass is 10.0. The number of hydrogen-bond acceptors (Lipinski definition) is 2. The van der Waals surface area contributed by atoms with E-state index in [0.29, 0.717) is 36.9 Å². The van der Waals surface area contributed by atoms with E-state index in [1.165, 1.54) is 6.07 Å². The Balaban J connectivity index is 1.39. The molecule has 1 aromatic heterocycles. The molecule has 0 saturated heterocycles. The van der Waals surface area contributed by atoms with E-state index in [9.17, 15) is 9.18 Å². The van der Waals surface area contributed by atoms with E-state index in [0.717, 1.165) is 22.4 Å². The zero-order valence-electron chi connectivity index (χ0n) is 16.4. The number of carbonyl (C=O) groups is 1. The lowest BCUT2D eigenvalue weighted by Crippen LogP contribution is -2.04. The number of carbonyl (C=O) groups excluding carboxylic acids is 1. The van der Waals surface area contributed by atoms with Crippen molar-refractivity contribution in [2.45, 2.75) is 32.7 Å². The molecule has 29 heavy (non-hydrogen) atoms. The molecule has 0 fully saturated rings. The Hall–Kier alpha value is -3.27. The van der Waals surface area contributed by atoms with Crippen LogP contribution in [0, 0.1) is 12.7 Å². The monoisotopic (exact) mass is 386 g/mol. The van der Waals surface area contributed by atoms with Gasteiger partial charge in [-0.3, -0.25) is 4.79 Å². The number of imidazole rings is 1. The standard InChI is InChI=1S/C25H23FN2O/c1-18-27-23-10-4-5-11-24(23)28(18)17-19-13-15-21(16-14-19)25(29)12-6-8-20-7-2-3-9-22(20)26/h2-5,7,9-11,13-16H,6,8,12,17H2,1H3. The molecule has 0 aliphatic carbocycles. The summed E-state index contributed by atoms with van der Waals surface area (Å²) in [6, 6.07) is 22.6. The molecule has 3 aromatic carbocycles. The molecule has 0 unspecified atom stereocenters. The number of rotatable bonds is 7. The van der Waals surface area contributed by atoms with Crippen molar-refractivity contribution < 1.29 is 9.18 Å². The van der Waals surface area contributed by atoms with Crippen LogP contribution in [0.4, 0.5) is 4.39 Å². The van der Waals surface area contributed by atoms with E-state index in [4.69, 9.17) is 0 Å². The van der Waals surface area contributed by atoms with Crippen molar-refractivity contribution in [2.24, 2.45) is 0 Å². The molecule has 0 spiro atoms. The minimum atomic E-state index is -0.202. The van der Waals surface area contributed by atoms with E-state index < -0.39 is 0 Å². The third-order valence-electron chi connectivity index (χ3n) is 5.27. The van der Waals surface area contributed by atoms with Gasteiger partial charge in [-0.1, -0.05) is 54.6 Å². The summed E-state index contributed by atoms with van der Waals surface area (Å²) in [6.45, 7) is 2.72. The van der Waals surface area contributed by atoms with Gasteiger partial charge in [0.15, 0.2) is 5.78 Å². The maximum atomic E-state index is 13.7. The SMILES string of the molecule is Cc1nc2ccccc2n1Cc1ccc(C(=O)CCCc2ccccc2F)cc1. The van der Waals surface area contributed by atoms with Gasteiger partial charge in [0.05, 0.1) is 11.0 Å². The Bertz CT molecular complexity index is 1150. The van der Waals surface area contributed by atoms with Gasteiger partial charge < -0.3 is 4.57 Å². The highest BCUT2D eigenvalue weighted by Crippen LogP contribution is 2.18. The number of nitrogens with zero attached hydrogens (tertiary/aromatic N) is 2. The number of hydrogen-bond donors (Lipinski definition) is 0. The van der Waals surface area contributed by atoms with Crippen LogP contribution in [0.15, 0.2) is 72.8 Å². The fraction of sp³-hybridized carbons (Fsp3) is 0.200. The second kappa shape index (κ2) is 8.39. The molecular formula is C25H23FN2O. The minimum Gasteiger partial charge on any atom is -0.324 e. The summed E-state index contributed by atoms with van der Waals surface area (Å²) in [5.41, 5.74) is 4.59. The summed E-state index contributed by atoms with van der Waals surface area (Å²) < 4.78 is 15.9. The summed E-state index contributed by atoms with van der Waals surface area (Å²) >= 11 is 0. The summed E-state index contributed by atoms with van der Waals surface area (Å²) in [5, 5.41) is 0. The second-order valence-electron chi connectivity index (χ2n) is 7.30. The average molecular weight is 386 g/mol. The topological polar surface area (TPSA) is 34.9 Å². The number of benzene rings is 3. The van der Waals surface area contributed by atoms with Gasteiger partial charge in [-0.05, 0) is 49.1 Å². The number of para-hydroxylation sites is 2. The van der Waals surface area contributed by atoms with Crippen LogP contribution in [0.1, 0.15) is 40.2 Å². The van der Waals surface area contributed by atoms with Crippen LogP contribution in [-0.4, -0.2) is 15.3 Å². The molecule has 0 saturated carbocycles. The number of halogens is 1. The van der Waals surface area contributed by atoms with Crippen LogP contribution in [0.5, 0.6) is 0 Å². The van der Waals surface area contributed by atoms with E-state index >= 15 is 0 Å². The fourth-order valence-corrected chi connectivity index (χ4v) is 3.66. The highest BCUT2D eigenvalue weighted by atomic mass is 19.1. The van der Waals surface area contributed by atoms with Gasteiger partial charge in [-0.2, -0.15) is 0 Å². The van der Waals surface area contributed by atoms with Gasteiger partial charge >= 0.3 is 0 Å². The van der Waals surface area contributed by atoms with Crippen molar-refractivity contribution in [1.29, 1.82) is 0 Å². The normalized spacial score (nSPS) is 11.1. The third-order valence-corrected chi connectivity index (χ3v) is 5.27. The van der Waals surface area contributed by atoms with Gasteiger partial charge in [0, 0.05) is 18.5 Å². The zero-order valence-corrected chi connectivity index (χ0v) is 16.4. The van der Waals surface area contributed by atoms with Gasteiger partial charge in [-0.15, -0.1) is 0 Å². The molecule has 1 heterocycles. The molecule has 146 valence electrons. The lowest BCUT2D eigenvalue weighted by molar-refractivity contribution is 0.0980. The number of ketones is 1. The summed E-state index contributed by atoms with van der Waals surface area (Å²) in [5.74, 6) is 0.864. The number of Topliss-reactive ketones (excluding diaryl/α,β-unsaturated/α-hetero) is 1. The summed E-state index contributed by atoms with van der Waals surface area (Å²) in [4.78, 5) is 17.1. The highest BCUT2D eigenvalue weighted by molar-refractivity contribution is 5.96. The maximum absolute atomic E-state index is 13.7. The van der Waals surface area contributed by atoms with Crippen LogP contribution in [-0.2, 0) is 13.0 Å². The number of fused-ring (bicyclic) bond motifs is 1. The number of aryl methyl sites for hydroxylation is 2. The first kappa shape index (κ1) is 19.1. The molecule has 4 aromatic rings. The van der Waals surface area contributed by atoms with Gasteiger partial charge in [-0.25, -0.2) is 9.37 Å². The Morgan fingerprint density at radius 2 is 1.69 bits per heavy atom. The quantitative estimate of drug-likeness (QED) is 0.380. The van der Waals surface area contributed by atoms with Crippen molar-refractivity contribution in [3.63, 3.8) is 0 Å². The first-order valence-electron chi connectivity index (χ1n) is 9.89. The zero-order chi connectivity index (χ0) is 20.2. The predicted octanol–water partition coefficient (Wildman–Crippen LogP) is 5.74. The van der Waals surface area contributed by atoms with Crippen molar-refractivity contribution in [1.82, 2.24) is 9.55 Å². The summed E-state index contributed by atoms with van der Waals surface area (Å²) in [7, 11) is 0. The van der Waals surface area contributed by atoms with E-state index in [2.05, 4.69) is 15.6 Å². The number of aromatic nitrogens is 2. The van der Waals surface area contributed by atoms with Gasteiger partial charge in [0.2, 0.25) is 0 Å². The van der Waals surface area contributed by atoms with Crippen molar-refractivity contribution in [3.05, 3.63) is 101 Å². The molecule has 0 radical (unpaired) electrons. The highest BCUT2D eigenvalue weighted by Gasteiger charge is 2.10. The largest absolute Gasteiger partial charge is 0.324 e. The first-order chi connectivity index (χ1) is 14.1. The van der Waals surface area contributed by atoms with Gasteiger partial charge in [0.1, 0.15) is 11.6 Å². The van der Waals surface area contributed by atoms with Crippen LogP contribution >= 0.6 is 0 Å². The van der Waals surface area contributed by atoms with Crippen LogP contribution in [0.25, 0.3) is 11.0 Å². The molecule has 0 atom stereocenters. The second-order valence-corrected chi connectivity index (χ2v) is 7.30. The van der Waals surface area contributed by atoms with Crippen molar-refractivity contribution in [2.75, 3.05) is 0 Å². The predicted molar refractivity (Wildman–Crippen MR) is 114 cm³/mol. The Kier molecular flexibility index (Phi) is 5.52. The minimum absolute atomic E-state index is 0.0946. The average Bonchev–Trinajstić information content (AvgIpc) is 3.05. The Morgan fingerprint density at radius 3 is 2.48 bits per heavy atom. The Morgan fingerprint density at radius 1 is 0.966 bits per heavy atom. The molecule has 0 bridgehead atoms. The molecule has 0 aliphatic rings. The molecule has 4 heteroatoms. The fourth-order valence-electron chi connectivity index (χ4n) is 3.66. The first-order valence-corrected chi connectivity index (χ1v) is 9.89. The molecular weight excluding hydrogens is 363 g/mol. The molecule has 0 N–H and O–H groups in total. The lowest BCUT2D eigenvalue weighted by Gasteiger charge is -2.08. The molecule has 4 rings (SSSR count). The van der Waals surface area contributed by atoms with E-state index in [-0.39, 0.29) is 11.6 Å². The van der Waals surface area contributed by atoms with Gasteiger partial charge in [0.25, 0.3) is 0 Å². The van der Waals surface area contributed by atoms with Crippen molar-refractivity contribution >= 4 is 16.8 Å². The van der Waals surface area contributed by atoms with Crippen LogP contribution in [0.2, 0.25) is 0 Å². The maximum Gasteiger partial charge on any atom is 0.162 e.